The Kier molecular flexibility index (Phi) is 5.99. The van der Waals surface area contributed by atoms with E-state index in [-0.39, 0.29) is 11.4 Å². The normalized spacial score (nSPS) is 21.1. The number of likely N-dealkylation sites (tertiary alicyclic amines) is 1. The van der Waals surface area contributed by atoms with Crippen LogP contribution in [-0.2, 0) is 21.1 Å². The smallest absolute Gasteiger partial charge is 0.180 e. The molecular weight excluding hydrogens is 413 g/mol. The van der Waals surface area contributed by atoms with Crippen LogP contribution in [-0.4, -0.2) is 37.3 Å². The summed E-state index contributed by atoms with van der Waals surface area (Å²) >= 11 is 0. The summed E-state index contributed by atoms with van der Waals surface area (Å²) in [5.41, 5.74) is 5.72. The highest BCUT2D eigenvalue weighted by molar-refractivity contribution is 7.92. The molecule has 1 spiro atoms. The lowest BCUT2D eigenvalue weighted by molar-refractivity contribution is -0.0632. The van der Waals surface area contributed by atoms with E-state index in [0.717, 1.165) is 62.0 Å². The zero-order valence-corrected chi connectivity index (χ0v) is 19.3. The molecule has 4 rings (SSSR count). The van der Waals surface area contributed by atoms with E-state index in [9.17, 15) is 12.8 Å². The fourth-order valence-electron chi connectivity index (χ4n) is 4.59. The van der Waals surface area contributed by atoms with E-state index in [4.69, 9.17) is 4.74 Å². The van der Waals surface area contributed by atoms with Crippen molar-refractivity contribution in [2.75, 3.05) is 13.1 Å². The van der Waals surface area contributed by atoms with Crippen molar-refractivity contribution < 1.29 is 17.5 Å². The number of nitrogens with zero attached hydrogens (tertiary/aromatic N) is 1. The number of hydrogen-bond donors (Lipinski definition) is 0. The van der Waals surface area contributed by atoms with Gasteiger partial charge in [0, 0.05) is 25.2 Å². The van der Waals surface area contributed by atoms with Gasteiger partial charge in [-0.2, -0.15) is 0 Å². The van der Waals surface area contributed by atoms with Crippen LogP contribution in [0.5, 0.6) is 0 Å². The molecule has 1 aliphatic carbocycles. The summed E-state index contributed by atoms with van der Waals surface area (Å²) in [6, 6.07) is 5.68. The molecule has 2 heterocycles. The first kappa shape index (κ1) is 22.1. The summed E-state index contributed by atoms with van der Waals surface area (Å²) in [7, 11) is -3.26. The fraction of sp³-hybridized carbons (Fsp3) is 0.480. The van der Waals surface area contributed by atoms with E-state index in [1.807, 2.05) is 19.1 Å². The topological polar surface area (TPSA) is 46.6 Å². The number of ether oxygens (including phenoxy) is 1. The Hall–Kier alpha value is -2.14. The maximum Gasteiger partial charge on any atom is 0.180 e. The van der Waals surface area contributed by atoms with Gasteiger partial charge in [-0.05, 0) is 81.9 Å². The number of rotatable bonds is 4. The van der Waals surface area contributed by atoms with Gasteiger partial charge in [-0.1, -0.05) is 17.9 Å². The van der Waals surface area contributed by atoms with Gasteiger partial charge in [0.05, 0.1) is 10.1 Å². The molecule has 0 radical (unpaired) electrons. The lowest BCUT2D eigenvalue weighted by Crippen LogP contribution is -2.47. The van der Waals surface area contributed by atoms with Crippen LogP contribution < -0.4 is 0 Å². The van der Waals surface area contributed by atoms with Gasteiger partial charge < -0.3 is 4.74 Å². The summed E-state index contributed by atoms with van der Waals surface area (Å²) in [4.78, 5) is 2.82. The Morgan fingerprint density at radius 1 is 1.23 bits per heavy atom. The summed E-state index contributed by atoms with van der Waals surface area (Å²) in [6.07, 6.45) is 8.10. The Balaban J connectivity index is 1.40. The zero-order valence-electron chi connectivity index (χ0n) is 18.4. The third-order valence-electron chi connectivity index (χ3n) is 6.57. The molecule has 2 aliphatic heterocycles. The van der Waals surface area contributed by atoms with Crippen LogP contribution in [0.25, 0.3) is 0 Å². The van der Waals surface area contributed by atoms with E-state index in [2.05, 4.69) is 10.6 Å². The molecule has 3 aliphatic rings. The van der Waals surface area contributed by atoms with Crippen molar-refractivity contribution in [3.05, 3.63) is 70.4 Å². The molecule has 0 unspecified atom stereocenters. The molecule has 0 aromatic heterocycles. The van der Waals surface area contributed by atoms with Crippen LogP contribution in [0.2, 0.25) is 0 Å². The van der Waals surface area contributed by atoms with Crippen molar-refractivity contribution in [3.63, 3.8) is 0 Å². The number of aryl methyl sites for hydroxylation is 1. The van der Waals surface area contributed by atoms with E-state index in [0.29, 0.717) is 10.7 Å². The first-order chi connectivity index (χ1) is 14.7. The van der Waals surface area contributed by atoms with Crippen LogP contribution >= 0.6 is 0 Å². The van der Waals surface area contributed by atoms with Crippen LogP contribution in [0.3, 0.4) is 0 Å². The molecule has 1 aromatic rings. The zero-order chi connectivity index (χ0) is 22.2. The minimum atomic E-state index is -3.26. The molecule has 2 fully saturated rings. The summed E-state index contributed by atoms with van der Waals surface area (Å²) in [5.74, 6) is 0.426. The molecule has 0 atom stereocenters. The molecule has 1 aromatic carbocycles. The van der Waals surface area contributed by atoms with Gasteiger partial charge in [0.2, 0.25) is 0 Å². The highest BCUT2D eigenvalue weighted by atomic mass is 32.2. The van der Waals surface area contributed by atoms with Gasteiger partial charge in [-0.3, -0.25) is 4.90 Å². The average Bonchev–Trinajstić information content (AvgIpc) is 2.90. The number of sulfone groups is 1. The molecule has 2 saturated heterocycles. The lowest BCUT2D eigenvalue weighted by Gasteiger charge is -2.45. The van der Waals surface area contributed by atoms with E-state index >= 15 is 0 Å². The van der Waals surface area contributed by atoms with Crippen molar-refractivity contribution in [2.24, 2.45) is 0 Å². The molecule has 0 bridgehead atoms. The number of hydrogen-bond acceptors (Lipinski definition) is 4. The number of benzene rings is 1. The number of fused-ring (bicyclic) bond motifs is 1. The van der Waals surface area contributed by atoms with Crippen LogP contribution in [0.4, 0.5) is 4.39 Å². The van der Waals surface area contributed by atoms with Crippen molar-refractivity contribution in [2.45, 2.75) is 68.7 Å². The second-order valence-corrected chi connectivity index (χ2v) is 11.6. The third-order valence-corrected chi connectivity index (χ3v) is 8.88. The van der Waals surface area contributed by atoms with Gasteiger partial charge in [0.15, 0.2) is 15.6 Å². The second kappa shape index (κ2) is 8.42. The number of piperidine rings is 1. The maximum atomic E-state index is 13.7. The summed E-state index contributed by atoms with van der Waals surface area (Å²) in [6.45, 7) is 7.92. The Morgan fingerprint density at radius 3 is 2.65 bits per heavy atom. The van der Waals surface area contributed by atoms with Gasteiger partial charge in [-0.15, -0.1) is 0 Å². The standard InChI is InChI=1S/C25H30FNO3S/c1-18(2)31(28,29)24-8-7-20(15-19(24)3)17-27-13-11-25(12-14-27)10-9-21-16-22(26)5-4-6-23(21)30-25/h4-5,7-8,15-16,18H,9-14,17H2,1-3H3. The highest BCUT2D eigenvalue weighted by Crippen LogP contribution is 2.42. The second-order valence-electron chi connectivity index (χ2n) is 9.12. The Bertz CT molecular complexity index is 1100. The molecule has 0 amide bonds. The quantitative estimate of drug-likeness (QED) is 0.604. The van der Waals surface area contributed by atoms with Crippen LogP contribution in [0.1, 0.15) is 50.7 Å². The molecule has 0 N–H and O–H groups in total. The number of halogens is 1. The third kappa shape index (κ3) is 4.57. The molecule has 31 heavy (non-hydrogen) atoms. The van der Waals surface area contributed by atoms with Crippen molar-refractivity contribution >= 4 is 9.84 Å². The monoisotopic (exact) mass is 443 g/mol. The van der Waals surface area contributed by atoms with Crippen molar-refractivity contribution in [3.8, 4) is 0 Å². The van der Waals surface area contributed by atoms with Crippen molar-refractivity contribution in [1.29, 1.82) is 0 Å². The lowest BCUT2D eigenvalue weighted by atomic mass is 9.82. The first-order valence-corrected chi connectivity index (χ1v) is 12.5. The van der Waals surface area contributed by atoms with Crippen LogP contribution in [0, 0.1) is 6.92 Å². The van der Waals surface area contributed by atoms with Crippen LogP contribution in [0.15, 0.2) is 64.2 Å². The van der Waals surface area contributed by atoms with Gasteiger partial charge in [-0.25, -0.2) is 12.8 Å². The summed E-state index contributed by atoms with van der Waals surface area (Å²) < 4.78 is 45.0. The highest BCUT2D eigenvalue weighted by Gasteiger charge is 2.40. The molecule has 6 heteroatoms. The summed E-state index contributed by atoms with van der Waals surface area (Å²) in [5, 5.41) is -0.424. The number of allylic oxidation sites excluding steroid dienone is 4. The predicted molar refractivity (Wildman–Crippen MR) is 120 cm³/mol. The molecular formula is C25H30FNO3S. The fourth-order valence-corrected chi connectivity index (χ4v) is 5.87. The Labute approximate surface area is 184 Å². The Morgan fingerprint density at radius 2 is 1.97 bits per heavy atom. The minimum Gasteiger partial charge on any atom is -0.479 e. The van der Waals surface area contributed by atoms with Gasteiger partial charge in [0.25, 0.3) is 0 Å². The maximum absolute atomic E-state index is 13.7. The molecule has 4 nitrogen and oxygen atoms in total. The first-order valence-electron chi connectivity index (χ1n) is 11.0. The van der Waals surface area contributed by atoms with E-state index in [1.165, 1.54) is 6.08 Å². The predicted octanol–water partition coefficient (Wildman–Crippen LogP) is 5.15. The average molecular weight is 444 g/mol. The van der Waals surface area contributed by atoms with E-state index < -0.39 is 15.1 Å². The molecule has 0 saturated carbocycles. The molecule has 166 valence electrons. The SMILES string of the molecule is Cc1cc(CN2CCC3(CCC4=CC(F)=CC=C=C4O3)CC2)ccc1S(=O)(=O)C(C)C. The largest absolute Gasteiger partial charge is 0.479 e. The van der Waals surface area contributed by atoms with Gasteiger partial charge in [0.1, 0.15) is 11.4 Å². The van der Waals surface area contributed by atoms with E-state index in [1.54, 1.807) is 32.1 Å². The van der Waals surface area contributed by atoms with Gasteiger partial charge >= 0.3 is 0 Å². The minimum absolute atomic E-state index is 0.198. The van der Waals surface area contributed by atoms with Crippen molar-refractivity contribution in [1.82, 2.24) is 4.90 Å².